The molecule has 0 bridgehead atoms. The van der Waals surface area contributed by atoms with E-state index in [-0.39, 0.29) is 29.0 Å². The van der Waals surface area contributed by atoms with E-state index in [9.17, 15) is 19.2 Å². The molecule has 0 unspecified atom stereocenters. The summed E-state index contributed by atoms with van der Waals surface area (Å²) in [5, 5.41) is 0. The van der Waals surface area contributed by atoms with Crippen LogP contribution in [0.25, 0.3) is 0 Å². The summed E-state index contributed by atoms with van der Waals surface area (Å²) in [7, 11) is 8.92. The van der Waals surface area contributed by atoms with Gasteiger partial charge in [0.25, 0.3) is 23.6 Å². The first-order valence-corrected chi connectivity index (χ1v) is 15.7. The van der Waals surface area contributed by atoms with Gasteiger partial charge in [0.1, 0.15) is 0 Å². The van der Waals surface area contributed by atoms with Crippen LogP contribution in [-0.2, 0) is 0 Å². The number of aryl methyl sites for hydroxylation is 1. The third kappa shape index (κ3) is 7.78. The average molecular weight is 591 g/mol. The first kappa shape index (κ1) is 32.6. The van der Waals surface area contributed by atoms with Gasteiger partial charge in [0.15, 0.2) is 0 Å². The fourth-order valence-corrected chi connectivity index (χ4v) is 6.91. The van der Waals surface area contributed by atoms with Crippen molar-refractivity contribution in [1.82, 2.24) is 9.80 Å². The first-order chi connectivity index (χ1) is 20.1. The van der Waals surface area contributed by atoms with Crippen molar-refractivity contribution in [2.75, 3.05) is 67.5 Å². The number of benzene rings is 2. The Balaban J connectivity index is 1.13. The molecule has 4 rings (SSSR count). The van der Waals surface area contributed by atoms with E-state index in [0.717, 1.165) is 72.8 Å². The third-order valence-electron chi connectivity index (χ3n) is 8.87. The first-order valence-electron chi connectivity index (χ1n) is 15.7. The fraction of sp³-hybridized carbons (Fsp3) is 0.543. The second kappa shape index (κ2) is 12.7. The summed E-state index contributed by atoms with van der Waals surface area (Å²) in [5.74, 6) is -0.695. The van der Waals surface area contributed by atoms with Gasteiger partial charge in [-0.1, -0.05) is 37.6 Å². The van der Waals surface area contributed by atoms with Crippen LogP contribution in [0.3, 0.4) is 0 Å². The Labute approximate surface area is 257 Å². The van der Waals surface area contributed by atoms with Crippen LogP contribution in [0.5, 0.6) is 0 Å². The van der Waals surface area contributed by atoms with Gasteiger partial charge in [-0.05, 0) is 56.9 Å². The Morgan fingerprint density at radius 1 is 0.605 bits per heavy atom. The van der Waals surface area contributed by atoms with Gasteiger partial charge in [0.05, 0.1) is 76.6 Å². The van der Waals surface area contributed by atoms with Crippen LogP contribution in [-0.4, -0.2) is 110 Å². The molecule has 4 amide bonds. The molecule has 0 radical (unpaired) electrons. The van der Waals surface area contributed by atoms with E-state index in [0.29, 0.717) is 35.3 Å². The number of fused-ring (bicyclic) bond motifs is 2. The molecule has 2 aromatic rings. The maximum absolute atomic E-state index is 13.0. The SMILES string of the molecule is Cc1ccc2c(c1)C(=O)N(CC(C)(C)C[N+](C)(C)CCCCCC[N+](C)(C)CCCN1C(=O)c3ccccc3C1=O)C2=O. The summed E-state index contributed by atoms with van der Waals surface area (Å²) in [4.78, 5) is 54.0. The predicted octanol–water partition coefficient (Wildman–Crippen LogP) is 5.02. The van der Waals surface area contributed by atoms with Gasteiger partial charge in [-0.15, -0.1) is 0 Å². The minimum Gasteiger partial charge on any atom is -0.328 e. The highest BCUT2D eigenvalue weighted by molar-refractivity contribution is 6.22. The maximum Gasteiger partial charge on any atom is 0.261 e. The maximum atomic E-state index is 13.0. The molecule has 2 aromatic carbocycles. The molecular weight excluding hydrogens is 540 g/mol. The van der Waals surface area contributed by atoms with E-state index >= 15 is 0 Å². The van der Waals surface area contributed by atoms with Crippen molar-refractivity contribution in [2.45, 2.75) is 52.9 Å². The molecule has 0 spiro atoms. The zero-order valence-corrected chi connectivity index (χ0v) is 27.2. The Kier molecular flexibility index (Phi) is 9.62. The molecule has 8 nitrogen and oxygen atoms in total. The molecule has 0 saturated carbocycles. The van der Waals surface area contributed by atoms with Crippen LogP contribution in [0, 0.1) is 12.3 Å². The minimum absolute atomic E-state index is 0.172. The number of carbonyl (C=O) groups is 4. The quantitative estimate of drug-likeness (QED) is 0.166. The molecular formula is C35H50N4O4+2. The van der Waals surface area contributed by atoms with Crippen molar-refractivity contribution < 1.29 is 28.1 Å². The zero-order chi connectivity index (χ0) is 31.6. The van der Waals surface area contributed by atoms with Gasteiger partial charge in [-0.3, -0.25) is 29.0 Å². The normalized spacial score (nSPS) is 15.5. The van der Waals surface area contributed by atoms with E-state index in [1.807, 2.05) is 19.1 Å². The van der Waals surface area contributed by atoms with Gasteiger partial charge in [0, 0.05) is 24.9 Å². The molecule has 0 aromatic heterocycles. The molecule has 8 heteroatoms. The topological polar surface area (TPSA) is 74.8 Å². The summed E-state index contributed by atoms with van der Waals surface area (Å²) in [6.45, 7) is 11.0. The number of rotatable bonds is 15. The van der Waals surface area contributed by atoms with E-state index in [1.165, 1.54) is 9.80 Å². The lowest BCUT2D eigenvalue weighted by atomic mass is 9.91. The van der Waals surface area contributed by atoms with Crippen LogP contribution < -0.4 is 0 Å². The predicted molar refractivity (Wildman–Crippen MR) is 169 cm³/mol. The third-order valence-corrected chi connectivity index (χ3v) is 8.87. The van der Waals surface area contributed by atoms with Crippen molar-refractivity contribution in [3.8, 4) is 0 Å². The second-order valence-electron chi connectivity index (χ2n) is 14.7. The van der Waals surface area contributed by atoms with E-state index in [1.54, 1.807) is 30.3 Å². The highest BCUT2D eigenvalue weighted by atomic mass is 16.2. The van der Waals surface area contributed by atoms with Crippen molar-refractivity contribution in [3.05, 3.63) is 70.3 Å². The van der Waals surface area contributed by atoms with Crippen molar-refractivity contribution >= 4 is 23.6 Å². The standard InChI is InChI=1S/C35H50N4O4/c1-26-17-18-29-30(23-26)34(43)37(33(29)42)24-35(2,3)25-39(6,7)21-13-9-8-12-20-38(4,5)22-14-19-36-31(40)27-15-10-11-16-28(27)32(36)41/h10-11,15-18,23H,8-9,12-14,19-22,24-25H2,1-7H3/q+2. The Hall–Kier alpha value is -3.36. The summed E-state index contributed by atoms with van der Waals surface area (Å²) >= 11 is 0. The molecule has 0 fully saturated rings. The molecule has 232 valence electrons. The second-order valence-corrected chi connectivity index (χ2v) is 14.7. The molecule has 2 aliphatic heterocycles. The summed E-state index contributed by atoms with van der Waals surface area (Å²) in [6.07, 6.45) is 5.38. The van der Waals surface area contributed by atoms with Crippen molar-refractivity contribution in [3.63, 3.8) is 0 Å². The van der Waals surface area contributed by atoms with Gasteiger partial charge in [0.2, 0.25) is 0 Å². The molecule has 2 aliphatic rings. The molecule has 0 N–H and O–H groups in total. The van der Waals surface area contributed by atoms with Crippen LogP contribution in [0.15, 0.2) is 42.5 Å². The lowest BCUT2D eigenvalue weighted by molar-refractivity contribution is -0.896. The average Bonchev–Trinajstić information content (AvgIpc) is 3.29. The number of unbranched alkanes of at least 4 members (excludes halogenated alkanes) is 3. The number of quaternary nitrogens is 2. The van der Waals surface area contributed by atoms with Crippen molar-refractivity contribution in [1.29, 1.82) is 0 Å². The summed E-state index contributed by atoms with van der Waals surface area (Å²) in [6, 6.07) is 12.5. The molecule has 0 saturated heterocycles. The van der Waals surface area contributed by atoms with Gasteiger partial charge >= 0.3 is 0 Å². The number of amides is 4. The number of hydrogen-bond donors (Lipinski definition) is 0. The number of hydrogen-bond acceptors (Lipinski definition) is 4. The highest BCUT2D eigenvalue weighted by Gasteiger charge is 2.40. The Morgan fingerprint density at radius 3 is 1.70 bits per heavy atom. The minimum atomic E-state index is -0.208. The van der Waals surface area contributed by atoms with Crippen molar-refractivity contribution in [2.24, 2.45) is 5.41 Å². The lowest BCUT2D eigenvalue weighted by Gasteiger charge is -2.39. The highest BCUT2D eigenvalue weighted by Crippen LogP contribution is 2.29. The monoisotopic (exact) mass is 590 g/mol. The van der Waals surface area contributed by atoms with Crippen LogP contribution in [0.1, 0.15) is 92.9 Å². The molecule has 0 atom stereocenters. The summed E-state index contributed by atoms with van der Waals surface area (Å²) in [5.41, 5.74) is 2.86. The Morgan fingerprint density at radius 2 is 1.09 bits per heavy atom. The van der Waals surface area contributed by atoms with Gasteiger partial charge in [-0.25, -0.2) is 0 Å². The largest absolute Gasteiger partial charge is 0.328 e. The number of imide groups is 2. The lowest BCUT2D eigenvalue weighted by Crippen LogP contribution is -2.51. The fourth-order valence-electron chi connectivity index (χ4n) is 6.91. The Bertz CT molecular complexity index is 1360. The van der Waals surface area contributed by atoms with Crippen LogP contribution in [0.2, 0.25) is 0 Å². The van der Waals surface area contributed by atoms with Crippen LogP contribution >= 0.6 is 0 Å². The number of nitrogens with zero attached hydrogens (tertiary/aromatic N) is 4. The summed E-state index contributed by atoms with van der Waals surface area (Å²) < 4.78 is 1.71. The van der Waals surface area contributed by atoms with Gasteiger partial charge < -0.3 is 8.97 Å². The van der Waals surface area contributed by atoms with E-state index in [4.69, 9.17) is 0 Å². The van der Waals surface area contributed by atoms with E-state index < -0.39 is 0 Å². The van der Waals surface area contributed by atoms with Crippen LogP contribution in [0.4, 0.5) is 0 Å². The zero-order valence-electron chi connectivity index (χ0n) is 27.2. The number of carbonyl (C=O) groups excluding carboxylic acids is 4. The van der Waals surface area contributed by atoms with Gasteiger partial charge in [-0.2, -0.15) is 0 Å². The smallest absolute Gasteiger partial charge is 0.261 e. The molecule has 0 aliphatic carbocycles. The molecule has 2 heterocycles. The molecule has 43 heavy (non-hydrogen) atoms. The van der Waals surface area contributed by atoms with E-state index in [2.05, 4.69) is 42.0 Å².